The van der Waals surface area contributed by atoms with Crippen LogP contribution >= 0.6 is 11.8 Å². The van der Waals surface area contributed by atoms with Crippen LogP contribution < -0.4 is 10.9 Å². The molecule has 0 bridgehead atoms. The highest BCUT2D eigenvalue weighted by molar-refractivity contribution is 7.99. The van der Waals surface area contributed by atoms with E-state index in [0.29, 0.717) is 35.6 Å². The summed E-state index contributed by atoms with van der Waals surface area (Å²) in [4.78, 5) is 42.7. The SMILES string of the molecule is CCN(CC)S(=O)(=O)c1ccc2[nH]c(=O)cc(C(=O)N3CSCC3C(=O)NC(C)(C)C)c2c1. The van der Waals surface area contributed by atoms with Crippen molar-refractivity contribution in [1.82, 2.24) is 19.5 Å². The number of nitrogens with zero attached hydrogens (tertiary/aromatic N) is 2. The van der Waals surface area contributed by atoms with Crippen molar-refractivity contribution < 1.29 is 18.0 Å². The molecule has 1 aromatic heterocycles. The topological polar surface area (TPSA) is 120 Å². The molecule has 1 saturated heterocycles. The van der Waals surface area contributed by atoms with E-state index in [9.17, 15) is 22.8 Å². The number of hydrogen-bond acceptors (Lipinski definition) is 6. The van der Waals surface area contributed by atoms with Crippen LogP contribution in [0.1, 0.15) is 45.0 Å². The Morgan fingerprint density at radius 2 is 1.88 bits per heavy atom. The van der Waals surface area contributed by atoms with Gasteiger partial charge in [-0.1, -0.05) is 13.8 Å². The number of rotatable bonds is 6. The molecule has 3 rings (SSSR count). The molecule has 1 fully saturated rings. The number of fused-ring (bicyclic) bond motifs is 1. The average Bonchev–Trinajstić information content (AvgIpc) is 3.22. The van der Waals surface area contributed by atoms with Gasteiger partial charge in [-0.15, -0.1) is 11.8 Å². The summed E-state index contributed by atoms with van der Waals surface area (Å²) in [6.07, 6.45) is 0. The maximum absolute atomic E-state index is 13.5. The Labute approximate surface area is 198 Å². The summed E-state index contributed by atoms with van der Waals surface area (Å²) in [6, 6.07) is 4.82. The third-order valence-corrected chi connectivity index (χ3v) is 8.39. The number of nitrogens with one attached hydrogen (secondary N) is 2. The second-order valence-electron chi connectivity index (χ2n) is 8.87. The van der Waals surface area contributed by atoms with Crippen molar-refractivity contribution in [3.8, 4) is 0 Å². The van der Waals surface area contributed by atoms with Crippen molar-refractivity contribution in [2.45, 2.75) is 51.1 Å². The fraction of sp³-hybridized carbons (Fsp3) is 0.500. The molecule has 1 atom stereocenters. The van der Waals surface area contributed by atoms with Gasteiger partial charge in [-0.3, -0.25) is 14.4 Å². The van der Waals surface area contributed by atoms with Crippen LogP contribution in [0.2, 0.25) is 0 Å². The number of sulfonamides is 1. The van der Waals surface area contributed by atoms with Gasteiger partial charge in [0.15, 0.2) is 0 Å². The average molecular weight is 495 g/mol. The number of hydrogen-bond donors (Lipinski definition) is 2. The fourth-order valence-electron chi connectivity index (χ4n) is 3.75. The molecule has 9 nitrogen and oxygen atoms in total. The van der Waals surface area contributed by atoms with Crippen LogP contribution in [0, 0.1) is 0 Å². The van der Waals surface area contributed by atoms with Crippen molar-refractivity contribution in [1.29, 1.82) is 0 Å². The minimum Gasteiger partial charge on any atom is -0.350 e. The quantitative estimate of drug-likeness (QED) is 0.634. The summed E-state index contributed by atoms with van der Waals surface area (Å²) in [5, 5.41) is 3.22. The first-order valence-electron chi connectivity index (χ1n) is 10.8. The van der Waals surface area contributed by atoms with Gasteiger partial charge in [-0.2, -0.15) is 4.31 Å². The Morgan fingerprint density at radius 3 is 2.48 bits per heavy atom. The van der Waals surface area contributed by atoms with Crippen LogP contribution in [-0.2, 0) is 14.8 Å². The molecule has 2 N–H and O–H groups in total. The summed E-state index contributed by atoms with van der Waals surface area (Å²) in [6.45, 7) is 9.71. The van der Waals surface area contributed by atoms with Gasteiger partial charge < -0.3 is 15.2 Å². The van der Waals surface area contributed by atoms with E-state index < -0.39 is 33.1 Å². The largest absolute Gasteiger partial charge is 0.350 e. The van der Waals surface area contributed by atoms with Crippen LogP contribution in [0.15, 0.2) is 34.0 Å². The highest BCUT2D eigenvalue weighted by Gasteiger charge is 2.37. The maximum Gasteiger partial charge on any atom is 0.256 e. The zero-order chi connectivity index (χ0) is 24.6. The van der Waals surface area contributed by atoms with E-state index >= 15 is 0 Å². The monoisotopic (exact) mass is 494 g/mol. The molecule has 2 amide bonds. The molecule has 1 aromatic carbocycles. The number of aromatic amines is 1. The van der Waals surface area contributed by atoms with E-state index in [1.54, 1.807) is 13.8 Å². The third kappa shape index (κ3) is 5.25. The van der Waals surface area contributed by atoms with Gasteiger partial charge >= 0.3 is 0 Å². The lowest BCUT2D eigenvalue weighted by atomic mass is 10.1. The number of pyridine rings is 1. The molecule has 0 aliphatic carbocycles. The number of benzene rings is 1. The summed E-state index contributed by atoms with van der Waals surface area (Å²) in [7, 11) is -3.76. The van der Waals surface area contributed by atoms with Gasteiger partial charge in [0.1, 0.15) is 6.04 Å². The van der Waals surface area contributed by atoms with Gasteiger partial charge in [0.25, 0.3) is 5.91 Å². The van der Waals surface area contributed by atoms with Gasteiger partial charge in [0, 0.05) is 41.4 Å². The first-order chi connectivity index (χ1) is 15.4. The van der Waals surface area contributed by atoms with Crippen LogP contribution in [-0.4, -0.2) is 70.7 Å². The zero-order valence-electron chi connectivity index (χ0n) is 19.5. The molecule has 0 radical (unpaired) electrons. The Bertz CT molecular complexity index is 1230. The van der Waals surface area contributed by atoms with Crippen LogP contribution in [0.3, 0.4) is 0 Å². The molecule has 33 heavy (non-hydrogen) atoms. The highest BCUT2D eigenvalue weighted by Crippen LogP contribution is 2.28. The minimum atomic E-state index is -3.76. The van der Waals surface area contributed by atoms with E-state index in [-0.39, 0.29) is 16.4 Å². The van der Waals surface area contributed by atoms with Crippen molar-refractivity contribution in [3.63, 3.8) is 0 Å². The zero-order valence-corrected chi connectivity index (χ0v) is 21.1. The molecular weight excluding hydrogens is 464 g/mol. The maximum atomic E-state index is 13.5. The smallest absolute Gasteiger partial charge is 0.256 e. The predicted molar refractivity (Wildman–Crippen MR) is 130 cm³/mol. The summed E-state index contributed by atoms with van der Waals surface area (Å²) >= 11 is 1.45. The number of aromatic nitrogens is 1. The molecular formula is C22H30N4O5S2. The van der Waals surface area contributed by atoms with Gasteiger partial charge in [-0.05, 0) is 39.0 Å². The lowest BCUT2D eigenvalue weighted by molar-refractivity contribution is -0.125. The molecule has 2 aromatic rings. The van der Waals surface area contributed by atoms with E-state index in [2.05, 4.69) is 10.3 Å². The molecule has 1 aliphatic heterocycles. The van der Waals surface area contributed by atoms with Crippen molar-refractivity contribution in [3.05, 3.63) is 40.2 Å². The lowest BCUT2D eigenvalue weighted by Gasteiger charge is -2.28. The molecule has 1 unspecified atom stereocenters. The summed E-state index contributed by atoms with van der Waals surface area (Å²) in [5.41, 5.74) is -0.510. The number of thioether (sulfide) groups is 1. The predicted octanol–water partition coefficient (Wildman–Crippen LogP) is 1.99. The molecule has 0 spiro atoms. The van der Waals surface area contributed by atoms with Crippen molar-refractivity contribution in [2.75, 3.05) is 24.7 Å². The summed E-state index contributed by atoms with van der Waals surface area (Å²) < 4.78 is 27.4. The van der Waals surface area contributed by atoms with Gasteiger partial charge in [0.2, 0.25) is 21.5 Å². The van der Waals surface area contributed by atoms with Gasteiger partial charge in [0.05, 0.1) is 16.3 Å². The molecule has 2 heterocycles. The van der Waals surface area contributed by atoms with Crippen LogP contribution in [0.5, 0.6) is 0 Å². The van der Waals surface area contributed by atoms with Crippen LogP contribution in [0.4, 0.5) is 0 Å². The van der Waals surface area contributed by atoms with Crippen LogP contribution in [0.25, 0.3) is 10.9 Å². The molecule has 0 saturated carbocycles. The second-order valence-corrected chi connectivity index (χ2v) is 11.8. The normalized spacial score (nSPS) is 17.0. The first-order valence-corrected chi connectivity index (χ1v) is 13.4. The molecule has 11 heteroatoms. The van der Waals surface area contributed by atoms with E-state index in [1.165, 1.54) is 45.2 Å². The summed E-state index contributed by atoms with van der Waals surface area (Å²) in [5.74, 6) is -0.00859. The lowest BCUT2D eigenvalue weighted by Crippen LogP contribution is -2.52. The van der Waals surface area contributed by atoms with Crippen molar-refractivity contribution in [2.24, 2.45) is 0 Å². The Morgan fingerprint density at radius 1 is 1.21 bits per heavy atom. The Kier molecular flexibility index (Phi) is 7.25. The Balaban J connectivity index is 2.07. The van der Waals surface area contributed by atoms with E-state index in [4.69, 9.17) is 0 Å². The second kappa shape index (κ2) is 9.47. The minimum absolute atomic E-state index is 0.0395. The number of amides is 2. The highest BCUT2D eigenvalue weighted by atomic mass is 32.2. The molecule has 1 aliphatic rings. The number of carbonyl (C=O) groups is 2. The van der Waals surface area contributed by atoms with E-state index in [1.807, 2.05) is 20.8 Å². The van der Waals surface area contributed by atoms with Crippen molar-refractivity contribution >= 4 is 44.5 Å². The Hall–Kier alpha value is -2.37. The molecule has 180 valence electrons. The number of H-pyrrole nitrogens is 1. The first kappa shape index (κ1) is 25.3. The van der Waals surface area contributed by atoms with Gasteiger partial charge in [-0.25, -0.2) is 8.42 Å². The number of carbonyl (C=O) groups excluding carboxylic acids is 2. The third-order valence-electron chi connectivity index (χ3n) is 5.33. The fourth-order valence-corrected chi connectivity index (χ4v) is 6.39. The standard InChI is InChI=1S/C22H30N4O5S2/c1-6-25(7-2)33(30,31)14-8-9-17-15(10-14)16(11-19(27)23-17)21(29)26-13-32-12-18(26)20(28)24-22(3,4)5/h8-11,18H,6-7,12-13H2,1-5H3,(H,23,27)(H,24,28). The van der Waals surface area contributed by atoms with E-state index in [0.717, 1.165) is 0 Å².